The van der Waals surface area contributed by atoms with E-state index in [0.717, 1.165) is 87.6 Å². The Morgan fingerprint density at radius 2 is 1.83 bits per heavy atom. The van der Waals surface area contributed by atoms with Crippen LogP contribution in [0.2, 0.25) is 0 Å². The molecular formula is C26H31N7O2. The third-order valence-corrected chi connectivity index (χ3v) is 7.62. The maximum Gasteiger partial charge on any atom is 0.228 e. The summed E-state index contributed by atoms with van der Waals surface area (Å²) in [7, 11) is 0. The Kier molecular flexibility index (Phi) is 5.64. The number of para-hydroxylation sites is 1. The van der Waals surface area contributed by atoms with E-state index < -0.39 is 0 Å². The van der Waals surface area contributed by atoms with Gasteiger partial charge < -0.3 is 24.8 Å². The number of likely N-dealkylation sites (tertiary alicyclic amines) is 1. The van der Waals surface area contributed by atoms with Gasteiger partial charge in [-0.3, -0.25) is 4.79 Å². The quantitative estimate of drug-likeness (QED) is 0.619. The molecule has 35 heavy (non-hydrogen) atoms. The number of benzene rings is 1. The summed E-state index contributed by atoms with van der Waals surface area (Å²) in [5.74, 6) is 1.43. The lowest BCUT2D eigenvalue weighted by atomic mass is 9.86. The lowest BCUT2D eigenvalue weighted by Crippen LogP contribution is -2.36. The van der Waals surface area contributed by atoms with Crippen molar-refractivity contribution in [2.45, 2.75) is 19.8 Å². The Balaban J connectivity index is 1.21. The summed E-state index contributed by atoms with van der Waals surface area (Å²) < 4.78 is 5.44. The van der Waals surface area contributed by atoms with Gasteiger partial charge in [-0.2, -0.15) is 0 Å². The van der Waals surface area contributed by atoms with Crippen molar-refractivity contribution >= 4 is 40.0 Å². The first-order chi connectivity index (χ1) is 17.1. The van der Waals surface area contributed by atoms with Crippen molar-refractivity contribution in [2.24, 2.45) is 5.41 Å². The highest BCUT2D eigenvalue weighted by atomic mass is 16.5. The summed E-state index contributed by atoms with van der Waals surface area (Å²) in [5, 5.41) is 4.29. The number of amides is 1. The van der Waals surface area contributed by atoms with E-state index in [4.69, 9.17) is 9.72 Å². The maximum atomic E-state index is 11.9. The normalized spacial score (nSPS) is 22.4. The highest BCUT2D eigenvalue weighted by molar-refractivity contribution is 5.91. The smallest absolute Gasteiger partial charge is 0.228 e. The fourth-order valence-corrected chi connectivity index (χ4v) is 5.62. The molecule has 0 aliphatic carbocycles. The predicted octanol–water partition coefficient (Wildman–Crippen LogP) is 3.05. The number of fused-ring (bicyclic) bond motifs is 1. The van der Waals surface area contributed by atoms with Crippen LogP contribution in [0.15, 0.2) is 42.7 Å². The maximum absolute atomic E-state index is 11.9. The monoisotopic (exact) mass is 473 g/mol. The van der Waals surface area contributed by atoms with Crippen LogP contribution in [0.3, 0.4) is 0 Å². The molecule has 3 saturated heterocycles. The number of nitrogens with one attached hydrogen (secondary N) is 1. The SMILES string of the molecule is CC(=O)N1CCC2(CCN(c3cccc4cnc(Nc5ccc(N6CCOCC6)cn5)nc34)C2)C1. The fraction of sp³-hybridized carbons (Fsp3) is 0.462. The molecule has 3 aromatic rings. The Labute approximate surface area is 205 Å². The first-order valence-electron chi connectivity index (χ1n) is 12.4. The van der Waals surface area contributed by atoms with Crippen LogP contribution in [0, 0.1) is 5.41 Å². The Bertz CT molecular complexity index is 1230. The number of hydrogen-bond donors (Lipinski definition) is 1. The largest absolute Gasteiger partial charge is 0.378 e. The number of carbonyl (C=O) groups is 1. The van der Waals surface area contributed by atoms with Crippen molar-refractivity contribution < 1.29 is 9.53 Å². The Hall–Kier alpha value is -3.46. The van der Waals surface area contributed by atoms with Gasteiger partial charge >= 0.3 is 0 Å². The topological polar surface area (TPSA) is 86.7 Å². The van der Waals surface area contributed by atoms with Gasteiger partial charge in [-0.25, -0.2) is 15.0 Å². The number of ether oxygens (including phenoxy) is 1. The number of anilines is 4. The van der Waals surface area contributed by atoms with Gasteiger partial charge in [0.2, 0.25) is 11.9 Å². The van der Waals surface area contributed by atoms with E-state index in [0.29, 0.717) is 11.8 Å². The van der Waals surface area contributed by atoms with E-state index in [2.05, 4.69) is 49.4 Å². The summed E-state index contributed by atoms with van der Waals surface area (Å²) in [4.78, 5) is 32.6. The molecule has 5 heterocycles. The molecular weight excluding hydrogens is 442 g/mol. The molecule has 3 aliphatic rings. The van der Waals surface area contributed by atoms with Crippen molar-refractivity contribution in [2.75, 3.05) is 67.6 Å². The van der Waals surface area contributed by atoms with Gasteiger partial charge in [0.15, 0.2) is 0 Å². The van der Waals surface area contributed by atoms with E-state index >= 15 is 0 Å². The zero-order valence-electron chi connectivity index (χ0n) is 20.1. The Morgan fingerprint density at radius 1 is 0.971 bits per heavy atom. The first-order valence-corrected chi connectivity index (χ1v) is 12.4. The van der Waals surface area contributed by atoms with E-state index in [-0.39, 0.29) is 11.3 Å². The van der Waals surface area contributed by atoms with Gasteiger partial charge in [-0.05, 0) is 31.0 Å². The molecule has 6 rings (SSSR count). The lowest BCUT2D eigenvalue weighted by Gasteiger charge is -2.28. The van der Waals surface area contributed by atoms with Crippen LogP contribution >= 0.6 is 0 Å². The van der Waals surface area contributed by atoms with Crippen LogP contribution in [-0.4, -0.2) is 78.2 Å². The zero-order chi connectivity index (χ0) is 23.8. The van der Waals surface area contributed by atoms with Crippen molar-refractivity contribution in [3.8, 4) is 0 Å². The summed E-state index contributed by atoms with van der Waals surface area (Å²) in [6, 6.07) is 10.3. The molecule has 1 unspecified atom stereocenters. The second kappa shape index (κ2) is 8.96. The highest BCUT2D eigenvalue weighted by Crippen LogP contribution is 2.42. The van der Waals surface area contributed by atoms with E-state index in [1.165, 1.54) is 0 Å². The number of hydrogen-bond acceptors (Lipinski definition) is 8. The minimum absolute atomic E-state index is 0.181. The predicted molar refractivity (Wildman–Crippen MR) is 136 cm³/mol. The van der Waals surface area contributed by atoms with Gasteiger partial charge in [-0.15, -0.1) is 0 Å². The molecule has 0 saturated carbocycles. The lowest BCUT2D eigenvalue weighted by molar-refractivity contribution is -0.128. The molecule has 3 fully saturated rings. The number of nitrogens with zero attached hydrogens (tertiary/aromatic N) is 6. The van der Waals surface area contributed by atoms with Crippen LogP contribution in [-0.2, 0) is 9.53 Å². The fourth-order valence-electron chi connectivity index (χ4n) is 5.62. The van der Waals surface area contributed by atoms with Gasteiger partial charge in [-0.1, -0.05) is 12.1 Å². The van der Waals surface area contributed by atoms with E-state index in [1.807, 2.05) is 23.4 Å². The average molecular weight is 474 g/mol. The second-order valence-electron chi connectivity index (χ2n) is 9.90. The molecule has 0 bridgehead atoms. The van der Waals surface area contributed by atoms with Crippen LogP contribution in [0.1, 0.15) is 19.8 Å². The van der Waals surface area contributed by atoms with Gasteiger partial charge in [0, 0.05) is 63.2 Å². The van der Waals surface area contributed by atoms with Crippen molar-refractivity contribution in [1.29, 1.82) is 0 Å². The second-order valence-corrected chi connectivity index (χ2v) is 9.90. The van der Waals surface area contributed by atoms with Crippen molar-refractivity contribution in [3.05, 3.63) is 42.7 Å². The molecule has 0 radical (unpaired) electrons. The Morgan fingerprint density at radius 3 is 2.60 bits per heavy atom. The molecule has 1 spiro atoms. The van der Waals surface area contributed by atoms with Crippen molar-refractivity contribution in [1.82, 2.24) is 19.9 Å². The molecule has 1 aromatic carbocycles. The summed E-state index contributed by atoms with van der Waals surface area (Å²) in [6.07, 6.45) is 5.93. The highest BCUT2D eigenvalue weighted by Gasteiger charge is 2.44. The van der Waals surface area contributed by atoms with Gasteiger partial charge in [0.25, 0.3) is 0 Å². The minimum Gasteiger partial charge on any atom is -0.378 e. The van der Waals surface area contributed by atoms with Gasteiger partial charge in [0.1, 0.15) is 5.82 Å². The number of carbonyl (C=O) groups excluding carboxylic acids is 1. The van der Waals surface area contributed by atoms with E-state index in [1.54, 1.807) is 6.92 Å². The standard InChI is InChI=1S/C26H31N7O2/c1-19(34)32-9-7-26(17-32)8-10-33(18-26)22-4-2-3-20-15-28-25(30-24(20)22)29-23-6-5-21(16-27-23)31-11-13-35-14-12-31/h2-6,15-16H,7-14,17-18H2,1H3,(H,27,28,29,30). The molecule has 1 atom stereocenters. The minimum atomic E-state index is 0.181. The van der Waals surface area contributed by atoms with Crippen LogP contribution in [0.25, 0.3) is 10.9 Å². The summed E-state index contributed by atoms with van der Waals surface area (Å²) >= 11 is 0. The van der Waals surface area contributed by atoms with Crippen LogP contribution < -0.4 is 15.1 Å². The number of pyridine rings is 1. The number of aromatic nitrogens is 3. The van der Waals surface area contributed by atoms with Gasteiger partial charge in [0.05, 0.1) is 36.3 Å². The average Bonchev–Trinajstić information content (AvgIpc) is 3.51. The molecule has 182 valence electrons. The molecule has 2 aromatic heterocycles. The van der Waals surface area contributed by atoms with E-state index in [9.17, 15) is 4.79 Å². The van der Waals surface area contributed by atoms with Crippen LogP contribution in [0.4, 0.5) is 23.1 Å². The summed E-state index contributed by atoms with van der Waals surface area (Å²) in [5.41, 5.74) is 3.35. The number of morpholine rings is 1. The summed E-state index contributed by atoms with van der Waals surface area (Å²) in [6.45, 7) is 8.60. The molecule has 1 N–H and O–H groups in total. The molecule has 3 aliphatic heterocycles. The molecule has 1 amide bonds. The third-order valence-electron chi connectivity index (χ3n) is 7.62. The molecule has 9 heteroatoms. The van der Waals surface area contributed by atoms with Crippen LogP contribution in [0.5, 0.6) is 0 Å². The van der Waals surface area contributed by atoms with Crippen molar-refractivity contribution in [3.63, 3.8) is 0 Å². The zero-order valence-corrected chi connectivity index (χ0v) is 20.1. The number of rotatable bonds is 4. The third kappa shape index (κ3) is 4.36. The molecule has 9 nitrogen and oxygen atoms in total. The first kappa shape index (κ1) is 22.0.